The lowest BCUT2D eigenvalue weighted by Gasteiger charge is -2.28. The van der Waals surface area contributed by atoms with E-state index >= 15 is 0 Å². The second-order valence-corrected chi connectivity index (χ2v) is 7.20. The molecule has 1 aliphatic rings. The monoisotopic (exact) mass is 319 g/mol. The van der Waals surface area contributed by atoms with Crippen LogP contribution in [0.1, 0.15) is 29.8 Å². The van der Waals surface area contributed by atoms with E-state index in [9.17, 15) is 13.2 Å². The molecule has 0 unspecified atom stereocenters. The van der Waals surface area contributed by atoms with Crippen LogP contribution in [-0.4, -0.2) is 27.8 Å². The van der Waals surface area contributed by atoms with E-state index < -0.39 is 9.84 Å². The summed E-state index contributed by atoms with van der Waals surface area (Å²) in [6.45, 7) is 2.01. The van der Waals surface area contributed by atoms with Crippen LogP contribution in [-0.2, 0) is 9.84 Å². The molecule has 1 aromatic carbocycles. The summed E-state index contributed by atoms with van der Waals surface area (Å²) in [6, 6.07) is 9.47. The minimum absolute atomic E-state index is 0.00325. The molecule has 0 saturated carbocycles. The Labute approximate surface area is 129 Å². The maximum absolute atomic E-state index is 12.4. The van der Waals surface area contributed by atoms with Crippen LogP contribution < -0.4 is 4.90 Å². The van der Waals surface area contributed by atoms with Gasteiger partial charge >= 0.3 is 0 Å². The third-order valence-electron chi connectivity index (χ3n) is 3.85. The van der Waals surface area contributed by atoms with Crippen LogP contribution in [0.4, 0.5) is 5.69 Å². The Bertz CT molecular complexity index is 756. The summed E-state index contributed by atoms with van der Waals surface area (Å²) in [4.78, 5) is 13.0. The van der Waals surface area contributed by atoms with Crippen molar-refractivity contribution < 1.29 is 17.6 Å². The molecule has 3 rings (SSSR count). The van der Waals surface area contributed by atoms with E-state index in [4.69, 9.17) is 4.42 Å². The molecule has 0 bridgehead atoms. The standard InChI is InChI=1S/C16H17NO4S/c18-12-14-6-9-16(21-14)22(19,20)15-7-4-13(5-8-15)17-10-2-1-3-11-17/h4-9,12H,1-3,10-11H2. The molecule has 1 aliphatic heterocycles. The summed E-state index contributed by atoms with van der Waals surface area (Å²) in [5.41, 5.74) is 1.03. The number of nitrogens with zero attached hydrogens (tertiary/aromatic N) is 1. The fraction of sp³-hybridized carbons (Fsp3) is 0.312. The number of anilines is 1. The van der Waals surface area contributed by atoms with E-state index in [1.54, 1.807) is 12.1 Å². The molecule has 0 radical (unpaired) electrons. The van der Waals surface area contributed by atoms with Crippen molar-refractivity contribution in [3.05, 3.63) is 42.2 Å². The average Bonchev–Trinajstić information content (AvgIpc) is 3.06. The number of carbonyl (C=O) groups is 1. The number of sulfone groups is 1. The molecular formula is C16H17NO4S. The molecule has 1 saturated heterocycles. The van der Waals surface area contributed by atoms with Crippen LogP contribution in [0.3, 0.4) is 0 Å². The molecule has 2 aromatic rings. The zero-order chi connectivity index (χ0) is 15.6. The van der Waals surface area contributed by atoms with Crippen molar-refractivity contribution in [2.75, 3.05) is 18.0 Å². The van der Waals surface area contributed by atoms with Crippen LogP contribution in [0.5, 0.6) is 0 Å². The van der Waals surface area contributed by atoms with Gasteiger partial charge in [-0.2, -0.15) is 0 Å². The molecule has 2 heterocycles. The van der Waals surface area contributed by atoms with Gasteiger partial charge in [0.2, 0.25) is 14.9 Å². The number of piperidine rings is 1. The van der Waals surface area contributed by atoms with Crippen molar-refractivity contribution in [2.45, 2.75) is 29.3 Å². The smallest absolute Gasteiger partial charge is 0.239 e. The van der Waals surface area contributed by atoms with Crippen LogP contribution in [0, 0.1) is 0 Å². The van der Waals surface area contributed by atoms with Gasteiger partial charge < -0.3 is 9.32 Å². The minimum Gasteiger partial charge on any atom is -0.442 e. The number of rotatable bonds is 4. The number of furan rings is 1. The van der Waals surface area contributed by atoms with Gasteiger partial charge in [0.15, 0.2) is 12.0 Å². The Morgan fingerprint density at radius 1 is 0.955 bits per heavy atom. The van der Waals surface area contributed by atoms with Crippen molar-refractivity contribution >= 4 is 21.8 Å². The largest absolute Gasteiger partial charge is 0.442 e. The highest BCUT2D eigenvalue weighted by Crippen LogP contribution is 2.26. The van der Waals surface area contributed by atoms with E-state index in [-0.39, 0.29) is 15.7 Å². The highest BCUT2D eigenvalue weighted by Gasteiger charge is 2.22. The molecule has 5 nitrogen and oxygen atoms in total. The topological polar surface area (TPSA) is 67.6 Å². The minimum atomic E-state index is -3.72. The Balaban J connectivity index is 1.86. The van der Waals surface area contributed by atoms with Gasteiger partial charge in [0.25, 0.3) is 0 Å². The molecule has 0 atom stereocenters. The third-order valence-corrected chi connectivity index (χ3v) is 5.49. The van der Waals surface area contributed by atoms with Crippen molar-refractivity contribution in [2.24, 2.45) is 0 Å². The molecule has 6 heteroatoms. The molecule has 0 amide bonds. The Morgan fingerprint density at radius 2 is 1.64 bits per heavy atom. The van der Waals surface area contributed by atoms with E-state index in [2.05, 4.69) is 4.90 Å². The third kappa shape index (κ3) is 2.78. The number of hydrogen-bond donors (Lipinski definition) is 0. The van der Waals surface area contributed by atoms with E-state index in [0.717, 1.165) is 18.8 Å². The molecule has 22 heavy (non-hydrogen) atoms. The summed E-state index contributed by atoms with van der Waals surface area (Å²) < 4.78 is 29.9. The Morgan fingerprint density at radius 3 is 2.23 bits per heavy atom. The molecule has 0 aliphatic carbocycles. The number of benzene rings is 1. The summed E-state index contributed by atoms with van der Waals surface area (Å²) >= 11 is 0. The van der Waals surface area contributed by atoms with Gasteiger partial charge in [-0.15, -0.1) is 0 Å². The van der Waals surface area contributed by atoms with Gasteiger partial charge in [0.05, 0.1) is 4.90 Å². The fourth-order valence-electron chi connectivity index (χ4n) is 2.65. The summed E-state index contributed by atoms with van der Waals surface area (Å²) in [6.07, 6.45) is 4.07. The van der Waals surface area contributed by atoms with Gasteiger partial charge in [-0.3, -0.25) is 4.79 Å². The second kappa shape index (κ2) is 5.96. The molecule has 0 spiro atoms. The molecule has 116 valence electrons. The average molecular weight is 319 g/mol. The highest BCUT2D eigenvalue weighted by molar-refractivity contribution is 7.91. The quantitative estimate of drug-likeness (QED) is 0.811. The lowest BCUT2D eigenvalue weighted by Crippen LogP contribution is -2.29. The maximum atomic E-state index is 12.4. The first-order valence-corrected chi connectivity index (χ1v) is 8.75. The van der Waals surface area contributed by atoms with Crippen LogP contribution >= 0.6 is 0 Å². The van der Waals surface area contributed by atoms with Gasteiger partial charge in [-0.05, 0) is 55.7 Å². The number of hydrogen-bond acceptors (Lipinski definition) is 5. The first kappa shape index (κ1) is 14.8. The maximum Gasteiger partial charge on any atom is 0.239 e. The summed E-state index contributed by atoms with van der Waals surface area (Å²) in [5.74, 6) is 0.00325. The normalized spacial score (nSPS) is 15.7. The Hall–Kier alpha value is -2.08. The van der Waals surface area contributed by atoms with E-state index in [1.165, 1.54) is 31.4 Å². The molecule has 1 aromatic heterocycles. The zero-order valence-electron chi connectivity index (χ0n) is 12.1. The second-order valence-electron chi connectivity index (χ2n) is 5.32. The van der Waals surface area contributed by atoms with Crippen molar-refractivity contribution in [3.8, 4) is 0 Å². The number of aldehydes is 1. The molecule has 1 fully saturated rings. The SMILES string of the molecule is O=Cc1ccc(S(=O)(=O)c2ccc(N3CCCCC3)cc2)o1. The van der Waals surface area contributed by atoms with E-state index in [1.807, 2.05) is 12.1 Å². The first-order chi connectivity index (χ1) is 10.6. The van der Waals surface area contributed by atoms with Gasteiger partial charge in [0.1, 0.15) is 0 Å². The summed E-state index contributed by atoms with van der Waals surface area (Å²) in [7, 11) is -3.72. The molecule has 0 N–H and O–H groups in total. The van der Waals surface area contributed by atoms with Crippen LogP contribution in [0.2, 0.25) is 0 Å². The summed E-state index contributed by atoms with van der Waals surface area (Å²) in [5, 5.41) is -0.208. The predicted molar refractivity (Wildman–Crippen MR) is 82.1 cm³/mol. The van der Waals surface area contributed by atoms with Crippen LogP contribution in [0.15, 0.2) is 50.8 Å². The zero-order valence-corrected chi connectivity index (χ0v) is 12.9. The fourth-order valence-corrected chi connectivity index (χ4v) is 3.83. The lowest BCUT2D eigenvalue weighted by atomic mass is 10.1. The van der Waals surface area contributed by atoms with Crippen molar-refractivity contribution in [1.29, 1.82) is 0 Å². The van der Waals surface area contributed by atoms with Gasteiger partial charge in [-0.1, -0.05) is 0 Å². The van der Waals surface area contributed by atoms with E-state index in [0.29, 0.717) is 6.29 Å². The van der Waals surface area contributed by atoms with Crippen molar-refractivity contribution in [3.63, 3.8) is 0 Å². The molecular weight excluding hydrogens is 302 g/mol. The van der Waals surface area contributed by atoms with Gasteiger partial charge in [0, 0.05) is 18.8 Å². The predicted octanol–water partition coefficient (Wildman–Crippen LogP) is 2.92. The Kier molecular flexibility index (Phi) is 4.02. The highest BCUT2D eigenvalue weighted by atomic mass is 32.2. The lowest BCUT2D eigenvalue weighted by molar-refractivity contribution is 0.109. The first-order valence-electron chi connectivity index (χ1n) is 7.26. The van der Waals surface area contributed by atoms with Crippen molar-refractivity contribution in [1.82, 2.24) is 0 Å². The van der Waals surface area contributed by atoms with Crippen LogP contribution in [0.25, 0.3) is 0 Å². The number of carbonyl (C=O) groups excluding carboxylic acids is 1. The van der Waals surface area contributed by atoms with Gasteiger partial charge in [-0.25, -0.2) is 8.42 Å².